The van der Waals surface area contributed by atoms with Crippen molar-refractivity contribution in [2.24, 2.45) is 0 Å². The van der Waals surface area contributed by atoms with Crippen LogP contribution >= 0.6 is 7.14 Å². The zero-order chi connectivity index (χ0) is 18.4. The molecular weight excluding hydrogens is 336 g/mol. The predicted molar refractivity (Wildman–Crippen MR) is 101 cm³/mol. The van der Waals surface area contributed by atoms with Crippen molar-refractivity contribution in [3.05, 3.63) is 59.4 Å². The fraction of sp³-hybridized carbons (Fsp3) is 0.200. The van der Waals surface area contributed by atoms with Gasteiger partial charge in [0.1, 0.15) is 18.4 Å². The SMILES string of the molecule is CC(=O)c1cc(C)cc2nc(P(C)(C)=O)c(-c3ccc(F)cc3)cc12. The number of fused-ring (bicyclic) bond motifs is 1. The van der Waals surface area contributed by atoms with Crippen molar-refractivity contribution in [3.8, 4) is 11.1 Å². The van der Waals surface area contributed by atoms with E-state index in [-0.39, 0.29) is 11.6 Å². The molecule has 1 heterocycles. The Morgan fingerprint density at radius 3 is 2.28 bits per heavy atom. The molecule has 0 aliphatic rings. The summed E-state index contributed by atoms with van der Waals surface area (Å²) in [5, 5.41) is 0.717. The van der Waals surface area contributed by atoms with Crippen LogP contribution in [0.1, 0.15) is 22.8 Å². The minimum atomic E-state index is -2.68. The minimum absolute atomic E-state index is 0.0514. The molecule has 0 unspecified atom stereocenters. The molecule has 0 fully saturated rings. The quantitative estimate of drug-likeness (QED) is 0.501. The molecule has 0 aliphatic carbocycles. The number of halogens is 1. The summed E-state index contributed by atoms with van der Waals surface area (Å²) in [6, 6.07) is 11.6. The first-order valence-corrected chi connectivity index (χ1v) is 10.5. The first-order valence-electron chi connectivity index (χ1n) is 7.94. The van der Waals surface area contributed by atoms with Crippen LogP contribution in [0.15, 0.2) is 42.5 Å². The lowest BCUT2D eigenvalue weighted by Gasteiger charge is -2.16. The molecule has 0 saturated carbocycles. The molecule has 0 N–H and O–H groups in total. The van der Waals surface area contributed by atoms with E-state index in [9.17, 15) is 13.8 Å². The second kappa shape index (κ2) is 6.20. The van der Waals surface area contributed by atoms with E-state index in [4.69, 9.17) is 0 Å². The maximum absolute atomic E-state index is 13.3. The molecule has 0 radical (unpaired) electrons. The second-order valence-electron chi connectivity index (χ2n) is 6.65. The van der Waals surface area contributed by atoms with Crippen LogP contribution in [0.25, 0.3) is 22.0 Å². The van der Waals surface area contributed by atoms with Gasteiger partial charge in [0.15, 0.2) is 5.78 Å². The third kappa shape index (κ3) is 3.40. The van der Waals surface area contributed by atoms with Gasteiger partial charge in [-0.25, -0.2) is 9.37 Å². The van der Waals surface area contributed by atoms with Gasteiger partial charge in [0.05, 0.1) is 5.52 Å². The summed E-state index contributed by atoms with van der Waals surface area (Å²) in [5.74, 6) is -0.389. The van der Waals surface area contributed by atoms with Crippen molar-refractivity contribution >= 4 is 29.3 Å². The summed E-state index contributed by atoms with van der Waals surface area (Å²) in [6.07, 6.45) is 0. The fourth-order valence-electron chi connectivity index (χ4n) is 2.95. The number of aryl methyl sites for hydroxylation is 1. The Morgan fingerprint density at radius 1 is 1.08 bits per heavy atom. The third-order valence-electron chi connectivity index (χ3n) is 4.10. The number of hydrogen-bond acceptors (Lipinski definition) is 3. The summed E-state index contributed by atoms with van der Waals surface area (Å²) in [6.45, 7) is 6.74. The van der Waals surface area contributed by atoms with E-state index in [2.05, 4.69) is 4.98 Å². The number of carbonyl (C=O) groups is 1. The van der Waals surface area contributed by atoms with E-state index in [0.29, 0.717) is 22.1 Å². The van der Waals surface area contributed by atoms with E-state index in [1.54, 1.807) is 25.5 Å². The average Bonchev–Trinajstić information content (AvgIpc) is 2.52. The molecule has 0 bridgehead atoms. The fourth-order valence-corrected chi connectivity index (χ4v) is 4.07. The number of carbonyl (C=O) groups excluding carboxylic acids is 1. The van der Waals surface area contributed by atoms with Gasteiger partial charge in [-0.2, -0.15) is 0 Å². The van der Waals surface area contributed by atoms with Crippen LogP contribution in [0.4, 0.5) is 4.39 Å². The molecule has 0 saturated heterocycles. The van der Waals surface area contributed by atoms with Crippen LogP contribution in [0.3, 0.4) is 0 Å². The molecule has 5 heteroatoms. The van der Waals surface area contributed by atoms with Crippen molar-refractivity contribution in [2.75, 3.05) is 13.3 Å². The molecule has 3 aromatic rings. The van der Waals surface area contributed by atoms with E-state index < -0.39 is 7.14 Å². The van der Waals surface area contributed by atoms with Crippen LogP contribution < -0.4 is 5.44 Å². The lowest BCUT2D eigenvalue weighted by Crippen LogP contribution is -2.13. The van der Waals surface area contributed by atoms with Crippen molar-refractivity contribution in [1.82, 2.24) is 4.98 Å². The Morgan fingerprint density at radius 2 is 1.72 bits per heavy atom. The van der Waals surface area contributed by atoms with Gasteiger partial charge in [-0.1, -0.05) is 12.1 Å². The number of pyridine rings is 1. The van der Waals surface area contributed by atoms with Gasteiger partial charge in [0.2, 0.25) is 0 Å². The third-order valence-corrected chi connectivity index (χ3v) is 5.46. The molecule has 0 amide bonds. The summed E-state index contributed by atoms with van der Waals surface area (Å²) >= 11 is 0. The largest absolute Gasteiger partial charge is 0.318 e. The Hall–Kier alpha value is -2.32. The number of aromatic nitrogens is 1. The van der Waals surface area contributed by atoms with Crippen LogP contribution in [0, 0.1) is 12.7 Å². The van der Waals surface area contributed by atoms with E-state index in [1.807, 2.05) is 25.1 Å². The number of hydrogen-bond donors (Lipinski definition) is 0. The Labute approximate surface area is 146 Å². The second-order valence-corrected chi connectivity index (χ2v) is 9.78. The maximum Gasteiger partial charge on any atom is 0.160 e. The Bertz CT molecular complexity index is 1040. The topological polar surface area (TPSA) is 47.0 Å². The van der Waals surface area contributed by atoms with Crippen molar-refractivity contribution in [3.63, 3.8) is 0 Å². The molecule has 0 atom stereocenters. The van der Waals surface area contributed by atoms with Gasteiger partial charge in [0.25, 0.3) is 0 Å². The zero-order valence-electron chi connectivity index (χ0n) is 14.6. The number of benzene rings is 2. The molecule has 0 spiro atoms. The van der Waals surface area contributed by atoms with Crippen molar-refractivity contribution < 1.29 is 13.8 Å². The van der Waals surface area contributed by atoms with Crippen LogP contribution in [0.2, 0.25) is 0 Å². The molecule has 128 valence electrons. The zero-order valence-corrected chi connectivity index (χ0v) is 15.5. The standard InChI is InChI=1S/C20H19FNO2P/c1-12-9-16(13(2)23)18-11-17(14-5-7-15(21)8-6-14)20(25(3,4)24)22-19(18)10-12/h5-11H,1-4H3. The molecular formula is C20H19FNO2P. The molecule has 0 aliphatic heterocycles. The molecule has 25 heavy (non-hydrogen) atoms. The van der Waals surface area contributed by atoms with E-state index in [1.165, 1.54) is 19.1 Å². The van der Waals surface area contributed by atoms with Gasteiger partial charge >= 0.3 is 0 Å². The summed E-state index contributed by atoms with van der Waals surface area (Å²) < 4.78 is 26.1. The Kier molecular flexibility index (Phi) is 4.34. The highest BCUT2D eigenvalue weighted by atomic mass is 31.2. The maximum atomic E-state index is 13.3. The Balaban J connectivity index is 2.43. The molecule has 3 nitrogen and oxygen atoms in total. The number of Topliss-reactive ketones (excluding diaryl/α,β-unsaturated/α-hetero) is 1. The van der Waals surface area contributed by atoms with Gasteiger partial charge in [-0.05, 0) is 68.6 Å². The van der Waals surface area contributed by atoms with Crippen LogP contribution in [0.5, 0.6) is 0 Å². The van der Waals surface area contributed by atoms with E-state index >= 15 is 0 Å². The van der Waals surface area contributed by atoms with Gasteiger partial charge in [0, 0.05) is 16.5 Å². The number of ketones is 1. The summed E-state index contributed by atoms with van der Waals surface area (Å²) in [4.78, 5) is 16.7. The van der Waals surface area contributed by atoms with Gasteiger partial charge in [-0.15, -0.1) is 0 Å². The lowest BCUT2D eigenvalue weighted by atomic mass is 9.99. The van der Waals surface area contributed by atoms with Gasteiger partial charge in [-0.3, -0.25) is 4.79 Å². The molecule has 3 rings (SSSR count). The van der Waals surface area contributed by atoms with Crippen molar-refractivity contribution in [2.45, 2.75) is 13.8 Å². The van der Waals surface area contributed by atoms with Crippen molar-refractivity contribution in [1.29, 1.82) is 0 Å². The highest BCUT2D eigenvalue weighted by Gasteiger charge is 2.21. The number of nitrogens with zero attached hydrogens (tertiary/aromatic N) is 1. The summed E-state index contributed by atoms with van der Waals surface area (Å²) in [7, 11) is -2.68. The molecule has 2 aromatic carbocycles. The first kappa shape index (κ1) is 17.5. The molecule has 1 aromatic heterocycles. The normalized spacial score (nSPS) is 11.7. The highest BCUT2D eigenvalue weighted by molar-refractivity contribution is 7.70. The minimum Gasteiger partial charge on any atom is -0.318 e. The van der Waals surface area contributed by atoms with Crippen LogP contribution in [-0.4, -0.2) is 24.1 Å². The number of rotatable bonds is 3. The predicted octanol–water partition coefficient (Wildman–Crippen LogP) is 4.80. The van der Waals surface area contributed by atoms with E-state index in [0.717, 1.165) is 16.5 Å². The average molecular weight is 355 g/mol. The lowest BCUT2D eigenvalue weighted by molar-refractivity contribution is 0.101. The summed E-state index contributed by atoms with van der Waals surface area (Å²) in [5.41, 5.74) is 4.05. The first-order chi connectivity index (χ1) is 11.7. The smallest absolute Gasteiger partial charge is 0.160 e. The van der Waals surface area contributed by atoms with Crippen LogP contribution in [-0.2, 0) is 4.57 Å². The highest BCUT2D eigenvalue weighted by Crippen LogP contribution is 2.39. The monoisotopic (exact) mass is 355 g/mol. The van der Waals surface area contributed by atoms with Gasteiger partial charge < -0.3 is 4.57 Å².